The van der Waals surface area contributed by atoms with E-state index in [0.29, 0.717) is 23.7 Å². The lowest BCUT2D eigenvalue weighted by Crippen LogP contribution is -2.09. The predicted octanol–water partition coefficient (Wildman–Crippen LogP) is 13.8. The normalized spacial score (nSPS) is 17.0. The zero-order valence-corrected chi connectivity index (χ0v) is 33.6. The lowest BCUT2D eigenvalue weighted by atomic mass is 9.85. The molecule has 1 heteroatoms. The van der Waals surface area contributed by atoms with Crippen molar-refractivity contribution in [3.8, 4) is 22.3 Å². The Morgan fingerprint density at radius 1 is 0.531 bits per heavy atom. The van der Waals surface area contributed by atoms with E-state index in [1.165, 1.54) is 105 Å². The van der Waals surface area contributed by atoms with E-state index >= 15 is 0 Å². The van der Waals surface area contributed by atoms with Gasteiger partial charge in [0.05, 0.1) is 0 Å². The molecule has 0 aliphatic heterocycles. The van der Waals surface area contributed by atoms with E-state index in [9.17, 15) is 0 Å². The molecule has 0 radical (unpaired) electrons. The van der Waals surface area contributed by atoms with Gasteiger partial charge in [0.1, 0.15) is 0 Å². The minimum Gasteiger partial charge on any atom is -0.0651 e. The first-order valence-corrected chi connectivity index (χ1v) is 21.4. The van der Waals surface area contributed by atoms with Crippen LogP contribution in [0.15, 0.2) is 71.8 Å². The summed E-state index contributed by atoms with van der Waals surface area (Å²) in [7, 11) is -0.332. The van der Waals surface area contributed by atoms with Gasteiger partial charge in [0, 0.05) is 21.4 Å². The number of rotatable bonds is 12. The van der Waals surface area contributed by atoms with Crippen LogP contribution in [0.2, 0.25) is 12.1 Å². The van der Waals surface area contributed by atoms with Gasteiger partial charge in [0.25, 0.3) is 0 Å². The van der Waals surface area contributed by atoms with Crippen LogP contribution >= 0.6 is 0 Å². The first kappa shape index (κ1) is 35.4. The molecule has 0 nitrogen and oxygen atoms in total. The number of benzene rings is 4. The Kier molecular flexibility index (Phi) is 10.7. The molecular formula is C48H60Si. The Labute approximate surface area is 301 Å². The van der Waals surface area contributed by atoms with Crippen LogP contribution in [-0.2, 0) is 0 Å². The lowest BCUT2D eigenvalue weighted by Gasteiger charge is -2.23. The summed E-state index contributed by atoms with van der Waals surface area (Å²) in [6, 6.07) is 27.0. The minimum atomic E-state index is -0.332. The van der Waals surface area contributed by atoms with Gasteiger partial charge in [-0.3, -0.25) is 0 Å². The van der Waals surface area contributed by atoms with Crippen molar-refractivity contribution in [2.45, 2.75) is 131 Å². The lowest BCUT2D eigenvalue weighted by molar-refractivity contribution is 0.780. The maximum Gasteiger partial charge on any atom is 0.0218 e. The van der Waals surface area contributed by atoms with Crippen molar-refractivity contribution in [1.29, 1.82) is 0 Å². The Hall–Kier alpha value is -3.42. The van der Waals surface area contributed by atoms with Crippen molar-refractivity contribution >= 4 is 21.7 Å². The largest absolute Gasteiger partial charge is 0.0651 e. The van der Waals surface area contributed by atoms with E-state index in [2.05, 4.69) is 142 Å². The number of fused-ring (bicyclic) bond motifs is 2. The van der Waals surface area contributed by atoms with Crippen molar-refractivity contribution in [3.63, 3.8) is 0 Å². The summed E-state index contributed by atoms with van der Waals surface area (Å²) in [5.74, 6) is 2.16. The molecule has 4 aromatic rings. The minimum absolute atomic E-state index is 0.332. The highest BCUT2D eigenvalue weighted by Gasteiger charge is 2.32. The molecule has 2 aliphatic carbocycles. The second-order valence-electron chi connectivity index (χ2n) is 16.1. The van der Waals surface area contributed by atoms with Crippen LogP contribution in [0.25, 0.3) is 34.4 Å². The van der Waals surface area contributed by atoms with Crippen LogP contribution in [0.3, 0.4) is 0 Å². The molecule has 2 aliphatic rings. The van der Waals surface area contributed by atoms with Crippen molar-refractivity contribution in [2.24, 2.45) is 0 Å². The number of hydrogen-bond acceptors (Lipinski definition) is 0. The molecule has 0 saturated heterocycles. The monoisotopic (exact) mass is 664 g/mol. The van der Waals surface area contributed by atoms with Gasteiger partial charge in [0.15, 0.2) is 0 Å². The van der Waals surface area contributed by atoms with Gasteiger partial charge in [-0.05, 0) is 108 Å². The second-order valence-corrected chi connectivity index (χ2v) is 18.0. The summed E-state index contributed by atoms with van der Waals surface area (Å²) >= 11 is 0. The molecule has 0 N–H and O–H groups in total. The van der Waals surface area contributed by atoms with Crippen molar-refractivity contribution < 1.29 is 0 Å². The highest BCUT2D eigenvalue weighted by Crippen LogP contribution is 2.50. The van der Waals surface area contributed by atoms with Gasteiger partial charge < -0.3 is 0 Å². The van der Waals surface area contributed by atoms with Crippen molar-refractivity contribution in [2.75, 3.05) is 0 Å². The molecule has 6 rings (SSSR count). The second kappa shape index (κ2) is 14.8. The summed E-state index contributed by atoms with van der Waals surface area (Å²) in [6.45, 7) is 23.2. The molecule has 0 bridgehead atoms. The van der Waals surface area contributed by atoms with Gasteiger partial charge in [-0.25, -0.2) is 0 Å². The summed E-state index contributed by atoms with van der Waals surface area (Å²) in [6.07, 6.45) is 10.1. The van der Waals surface area contributed by atoms with E-state index in [-0.39, 0.29) is 9.52 Å². The molecule has 2 atom stereocenters. The predicted molar refractivity (Wildman–Crippen MR) is 220 cm³/mol. The molecule has 4 aromatic carbocycles. The third-order valence-electron chi connectivity index (χ3n) is 11.3. The summed E-state index contributed by atoms with van der Waals surface area (Å²) in [4.78, 5) is 0. The summed E-state index contributed by atoms with van der Waals surface area (Å²) < 4.78 is 0. The SMILES string of the molecule is CCCC1=Cc2c(ccc(C(C)C)c2-c2cc(C)cc(C)c2)C1C[SiH2]CC1C(CCC)=Cc2c1ccc(C(C)C)c2-c1cc(C)cc(C)c1. The van der Waals surface area contributed by atoms with Gasteiger partial charge >= 0.3 is 0 Å². The average Bonchev–Trinajstić information content (AvgIpc) is 3.56. The summed E-state index contributed by atoms with van der Waals surface area (Å²) in [5.41, 5.74) is 23.8. The molecule has 0 amide bonds. The van der Waals surface area contributed by atoms with Crippen LogP contribution in [-0.4, -0.2) is 9.52 Å². The highest BCUT2D eigenvalue weighted by molar-refractivity contribution is 6.36. The topological polar surface area (TPSA) is 0 Å². The fraction of sp³-hybridized carbons (Fsp3) is 0.417. The first-order valence-electron chi connectivity index (χ1n) is 19.4. The Morgan fingerprint density at radius 2 is 0.898 bits per heavy atom. The van der Waals surface area contributed by atoms with E-state index in [0.717, 1.165) is 0 Å². The number of aryl methyl sites for hydroxylation is 4. The van der Waals surface area contributed by atoms with E-state index in [1.807, 2.05) is 0 Å². The standard InChI is InChI=1S/C48H60Si/c1-11-13-35-25-43-41(17-15-39(29(3)4)47(43)37-21-31(7)19-32(8)22-37)45(35)27-49-28-46-36(14-12-2)26-44-42(46)18-16-40(30(5)6)48(44)38-23-33(9)20-34(10)24-38/h15-26,29-30,45-46H,11-14,27-28,49H2,1-10H3. The highest BCUT2D eigenvalue weighted by atomic mass is 28.2. The molecule has 256 valence electrons. The Bertz CT molecular complexity index is 1730. The van der Waals surface area contributed by atoms with Crippen LogP contribution in [0.5, 0.6) is 0 Å². The van der Waals surface area contributed by atoms with Gasteiger partial charge in [-0.2, -0.15) is 0 Å². The molecule has 2 unspecified atom stereocenters. The van der Waals surface area contributed by atoms with E-state index in [1.54, 1.807) is 22.3 Å². The zero-order valence-electron chi connectivity index (χ0n) is 32.2. The summed E-state index contributed by atoms with van der Waals surface area (Å²) in [5, 5.41) is 0. The van der Waals surface area contributed by atoms with E-state index < -0.39 is 0 Å². The quantitative estimate of drug-likeness (QED) is 0.132. The molecule has 0 heterocycles. The third-order valence-corrected chi connectivity index (χ3v) is 13.2. The number of hydrogen-bond donors (Lipinski definition) is 0. The smallest absolute Gasteiger partial charge is 0.0218 e. The van der Waals surface area contributed by atoms with Gasteiger partial charge in [-0.15, -0.1) is 0 Å². The van der Waals surface area contributed by atoms with Crippen molar-refractivity contribution in [1.82, 2.24) is 0 Å². The van der Waals surface area contributed by atoms with E-state index in [4.69, 9.17) is 0 Å². The fourth-order valence-corrected chi connectivity index (χ4v) is 11.7. The van der Waals surface area contributed by atoms with Crippen LogP contribution in [0, 0.1) is 27.7 Å². The average molecular weight is 665 g/mol. The fourth-order valence-electron chi connectivity index (χ4n) is 9.32. The Morgan fingerprint density at radius 3 is 1.22 bits per heavy atom. The molecule has 0 fully saturated rings. The maximum absolute atomic E-state index is 2.63. The number of allylic oxidation sites excluding steroid dienone is 2. The first-order chi connectivity index (χ1) is 23.5. The molecule has 49 heavy (non-hydrogen) atoms. The molecule has 0 aromatic heterocycles. The Balaban J connectivity index is 1.34. The molecule has 0 saturated carbocycles. The van der Waals surface area contributed by atoms with Gasteiger partial charge in [0.2, 0.25) is 0 Å². The van der Waals surface area contributed by atoms with Crippen molar-refractivity contribution in [3.05, 3.63) is 127 Å². The molecule has 0 spiro atoms. The zero-order chi connectivity index (χ0) is 35.0. The maximum atomic E-state index is 2.63. The third kappa shape index (κ3) is 7.11. The molecular weight excluding hydrogens is 605 g/mol. The van der Waals surface area contributed by atoms with Gasteiger partial charge in [-0.1, -0.05) is 173 Å². The van der Waals surface area contributed by atoms with Crippen LogP contribution in [0.1, 0.15) is 147 Å². The van der Waals surface area contributed by atoms with Crippen LogP contribution < -0.4 is 0 Å². The van der Waals surface area contributed by atoms with Crippen LogP contribution in [0.4, 0.5) is 0 Å².